The van der Waals surface area contributed by atoms with E-state index in [1.165, 1.54) is 8.61 Å². The van der Waals surface area contributed by atoms with Crippen molar-refractivity contribution in [3.05, 3.63) is 66.0 Å². The van der Waals surface area contributed by atoms with Gasteiger partial charge in [0.25, 0.3) is 10.2 Å². The molecule has 0 spiro atoms. The summed E-state index contributed by atoms with van der Waals surface area (Å²) in [6, 6.07) is 14.5. The van der Waals surface area contributed by atoms with Gasteiger partial charge in [-0.15, -0.1) is 0 Å². The molecule has 0 fully saturated rings. The van der Waals surface area contributed by atoms with Gasteiger partial charge >= 0.3 is 0 Å². The lowest BCUT2D eigenvalue weighted by molar-refractivity contribution is 0.334. The van der Waals surface area contributed by atoms with Crippen molar-refractivity contribution in [2.24, 2.45) is 0 Å². The second kappa shape index (κ2) is 7.21. The lowest BCUT2D eigenvalue weighted by Crippen LogP contribution is -2.44. The van der Waals surface area contributed by atoms with Crippen molar-refractivity contribution in [2.75, 3.05) is 14.1 Å². The van der Waals surface area contributed by atoms with E-state index in [1.54, 1.807) is 20.3 Å². The van der Waals surface area contributed by atoms with Crippen LogP contribution in [0.2, 0.25) is 0 Å². The van der Waals surface area contributed by atoms with Crippen LogP contribution in [0.15, 0.2) is 54.7 Å². The molecule has 0 unspecified atom stereocenters. The van der Waals surface area contributed by atoms with Crippen LogP contribution in [-0.2, 0) is 10.2 Å². The van der Waals surface area contributed by atoms with E-state index in [2.05, 4.69) is 4.98 Å². The van der Waals surface area contributed by atoms with Crippen LogP contribution in [-0.4, -0.2) is 42.1 Å². The zero-order valence-corrected chi connectivity index (χ0v) is 14.7. The number of aromatic nitrogens is 1. The molecule has 0 aliphatic carbocycles. The molecule has 124 valence electrons. The zero-order chi connectivity index (χ0) is 17.0. The minimum Gasteiger partial charge on any atom is -0.259 e. The predicted octanol–water partition coefficient (Wildman–Crippen LogP) is 2.69. The molecule has 1 aromatic carbocycles. The molecule has 23 heavy (non-hydrogen) atoms. The largest absolute Gasteiger partial charge is 0.282 e. The van der Waals surface area contributed by atoms with E-state index in [4.69, 9.17) is 0 Å². The minimum absolute atomic E-state index is 0.123. The highest BCUT2D eigenvalue weighted by molar-refractivity contribution is 7.86. The summed E-state index contributed by atoms with van der Waals surface area (Å²) in [5, 5.41) is 0. The van der Waals surface area contributed by atoms with Crippen molar-refractivity contribution < 1.29 is 8.42 Å². The monoisotopic (exact) mass is 333 g/mol. The Morgan fingerprint density at radius 2 is 1.52 bits per heavy atom. The summed E-state index contributed by atoms with van der Waals surface area (Å²) in [5.41, 5.74) is 1.58. The van der Waals surface area contributed by atoms with Crippen LogP contribution in [0.5, 0.6) is 0 Å². The van der Waals surface area contributed by atoms with Crippen molar-refractivity contribution in [1.82, 2.24) is 13.6 Å². The van der Waals surface area contributed by atoms with Crippen LogP contribution >= 0.6 is 0 Å². The fraction of sp³-hybridized carbons (Fsp3) is 0.353. The highest BCUT2D eigenvalue weighted by atomic mass is 32.2. The smallest absolute Gasteiger partial charge is 0.259 e. The average molecular weight is 333 g/mol. The Morgan fingerprint density at radius 3 is 2.04 bits per heavy atom. The number of rotatable bonds is 6. The lowest BCUT2D eigenvalue weighted by Gasteiger charge is -2.32. The molecule has 0 radical (unpaired) electrons. The molecule has 0 aliphatic heterocycles. The van der Waals surface area contributed by atoms with E-state index >= 15 is 0 Å². The molecule has 0 saturated carbocycles. The van der Waals surface area contributed by atoms with Crippen LogP contribution in [0, 0.1) is 0 Å². The lowest BCUT2D eigenvalue weighted by atomic mass is 10.0. The zero-order valence-electron chi connectivity index (χ0n) is 13.9. The highest BCUT2D eigenvalue weighted by Crippen LogP contribution is 2.29. The van der Waals surface area contributed by atoms with Gasteiger partial charge in [0.2, 0.25) is 0 Å². The van der Waals surface area contributed by atoms with Crippen LogP contribution < -0.4 is 0 Å². The summed E-state index contributed by atoms with van der Waals surface area (Å²) < 4.78 is 28.5. The molecule has 1 atom stereocenters. The quantitative estimate of drug-likeness (QED) is 0.817. The van der Waals surface area contributed by atoms with Crippen LogP contribution in [0.4, 0.5) is 0 Å². The van der Waals surface area contributed by atoms with Crippen molar-refractivity contribution in [1.29, 1.82) is 0 Å². The fourth-order valence-corrected chi connectivity index (χ4v) is 3.78. The third-order valence-corrected chi connectivity index (χ3v) is 5.99. The molecule has 0 aliphatic rings. The summed E-state index contributed by atoms with van der Waals surface area (Å²) in [6.45, 7) is 3.70. The number of benzene rings is 1. The summed E-state index contributed by atoms with van der Waals surface area (Å²) in [4.78, 5) is 4.37. The molecule has 0 amide bonds. The van der Waals surface area contributed by atoms with E-state index in [1.807, 2.05) is 62.4 Å². The van der Waals surface area contributed by atoms with Crippen molar-refractivity contribution in [2.45, 2.75) is 25.9 Å². The van der Waals surface area contributed by atoms with Crippen LogP contribution in [0.3, 0.4) is 0 Å². The van der Waals surface area contributed by atoms with Crippen LogP contribution in [0.1, 0.15) is 31.1 Å². The first-order valence-electron chi connectivity index (χ1n) is 7.52. The summed E-state index contributed by atoms with van der Waals surface area (Å²) in [7, 11) is -0.415. The Labute approximate surface area is 138 Å². The molecule has 0 N–H and O–H groups in total. The molecule has 6 heteroatoms. The van der Waals surface area contributed by atoms with E-state index < -0.39 is 16.3 Å². The van der Waals surface area contributed by atoms with Crippen molar-refractivity contribution in [3.63, 3.8) is 0 Å². The average Bonchev–Trinajstić information content (AvgIpc) is 2.56. The molecule has 2 rings (SSSR count). The molecule has 0 saturated heterocycles. The van der Waals surface area contributed by atoms with Gasteiger partial charge in [0, 0.05) is 26.3 Å². The Hall–Kier alpha value is -1.76. The van der Waals surface area contributed by atoms with Gasteiger partial charge in [0.15, 0.2) is 0 Å². The Morgan fingerprint density at radius 1 is 0.913 bits per heavy atom. The topological polar surface area (TPSA) is 53.5 Å². The molecular weight excluding hydrogens is 310 g/mol. The highest BCUT2D eigenvalue weighted by Gasteiger charge is 2.33. The SMILES string of the molecule is CC(C)N(C)S(=O)(=O)N(C)[C@H](c1ccccc1)c1ccccn1. The van der Waals surface area contributed by atoms with Gasteiger partial charge in [0.05, 0.1) is 11.7 Å². The third kappa shape index (κ3) is 3.77. The standard InChI is InChI=1S/C17H23N3O2S/c1-14(2)19(3)23(21,22)20(4)17(15-10-6-5-7-11-15)16-12-8-9-13-18-16/h5-14,17H,1-4H3/t17-/m1/s1. The molecule has 1 aromatic heterocycles. The summed E-state index contributed by atoms with van der Waals surface area (Å²) in [6.07, 6.45) is 1.68. The van der Waals surface area contributed by atoms with Crippen LogP contribution in [0.25, 0.3) is 0 Å². The number of hydrogen-bond donors (Lipinski definition) is 0. The maximum absolute atomic E-state index is 12.9. The summed E-state index contributed by atoms with van der Waals surface area (Å²) >= 11 is 0. The van der Waals surface area contributed by atoms with Gasteiger partial charge in [0.1, 0.15) is 0 Å². The van der Waals surface area contributed by atoms with Gasteiger partial charge in [-0.05, 0) is 31.5 Å². The van der Waals surface area contributed by atoms with Gasteiger partial charge in [-0.25, -0.2) is 0 Å². The minimum atomic E-state index is -3.61. The molecule has 1 heterocycles. The van der Waals surface area contributed by atoms with Crippen molar-refractivity contribution in [3.8, 4) is 0 Å². The maximum Gasteiger partial charge on any atom is 0.282 e. The molecule has 0 bridgehead atoms. The van der Waals surface area contributed by atoms with Gasteiger partial charge in [-0.2, -0.15) is 17.0 Å². The van der Waals surface area contributed by atoms with Gasteiger partial charge < -0.3 is 0 Å². The van der Waals surface area contributed by atoms with E-state index in [-0.39, 0.29) is 6.04 Å². The third-order valence-electron chi connectivity index (χ3n) is 3.90. The fourth-order valence-electron chi connectivity index (χ4n) is 2.34. The Balaban J connectivity index is 2.51. The van der Waals surface area contributed by atoms with Gasteiger partial charge in [-0.1, -0.05) is 36.4 Å². The Bertz CT molecular complexity index is 679. The second-order valence-electron chi connectivity index (χ2n) is 5.70. The first kappa shape index (κ1) is 17.6. The van der Waals surface area contributed by atoms with E-state index in [0.29, 0.717) is 5.69 Å². The molecule has 5 nitrogen and oxygen atoms in total. The number of hydrogen-bond acceptors (Lipinski definition) is 3. The van der Waals surface area contributed by atoms with Gasteiger partial charge in [-0.3, -0.25) is 4.98 Å². The van der Waals surface area contributed by atoms with E-state index in [9.17, 15) is 8.42 Å². The normalized spacial score (nSPS) is 13.7. The molecular formula is C17H23N3O2S. The molecule has 2 aromatic rings. The first-order chi connectivity index (χ1) is 10.9. The number of pyridine rings is 1. The predicted molar refractivity (Wildman–Crippen MR) is 92.1 cm³/mol. The maximum atomic E-state index is 12.9. The summed E-state index contributed by atoms with van der Waals surface area (Å²) in [5.74, 6) is 0. The number of nitrogens with zero attached hydrogens (tertiary/aromatic N) is 3. The van der Waals surface area contributed by atoms with Crippen molar-refractivity contribution >= 4 is 10.2 Å². The second-order valence-corrected chi connectivity index (χ2v) is 7.75. The first-order valence-corrected chi connectivity index (χ1v) is 8.92. The van der Waals surface area contributed by atoms with E-state index in [0.717, 1.165) is 5.56 Å². The Kier molecular flexibility index (Phi) is 5.51.